The van der Waals surface area contributed by atoms with Crippen molar-refractivity contribution in [1.29, 1.82) is 0 Å². The SMILES string of the molecule is O=C1CC2(CCN(C(=O)NCc3ccc(O)cc3)CC2)Cc2ccc(F)cc21. The zero-order valence-corrected chi connectivity index (χ0v) is 15.6. The molecule has 0 aromatic heterocycles. The summed E-state index contributed by atoms with van der Waals surface area (Å²) in [4.78, 5) is 26.8. The predicted molar refractivity (Wildman–Crippen MR) is 103 cm³/mol. The summed E-state index contributed by atoms with van der Waals surface area (Å²) in [6.07, 6.45) is 2.72. The monoisotopic (exact) mass is 382 g/mol. The topological polar surface area (TPSA) is 69.6 Å². The first-order valence-electron chi connectivity index (χ1n) is 9.56. The van der Waals surface area contributed by atoms with Gasteiger partial charge in [-0.25, -0.2) is 9.18 Å². The minimum absolute atomic E-state index is 0.00554. The molecule has 1 aliphatic carbocycles. The molecule has 1 fully saturated rings. The van der Waals surface area contributed by atoms with Gasteiger partial charge in [-0.15, -0.1) is 0 Å². The quantitative estimate of drug-likeness (QED) is 0.833. The molecule has 4 rings (SSSR count). The van der Waals surface area contributed by atoms with Crippen molar-refractivity contribution >= 4 is 11.8 Å². The first kappa shape index (κ1) is 18.5. The number of likely N-dealkylation sites (tertiary alicyclic amines) is 1. The van der Waals surface area contributed by atoms with Gasteiger partial charge in [-0.05, 0) is 60.1 Å². The number of amides is 2. The van der Waals surface area contributed by atoms with Crippen LogP contribution >= 0.6 is 0 Å². The van der Waals surface area contributed by atoms with Crippen molar-refractivity contribution in [3.05, 3.63) is 65.0 Å². The molecule has 1 spiro atoms. The van der Waals surface area contributed by atoms with Crippen molar-refractivity contribution in [3.8, 4) is 5.75 Å². The van der Waals surface area contributed by atoms with Gasteiger partial charge in [0.15, 0.2) is 5.78 Å². The fourth-order valence-corrected chi connectivity index (χ4v) is 4.31. The second-order valence-electron chi connectivity index (χ2n) is 7.89. The fourth-order valence-electron chi connectivity index (χ4n) is 4.31. The van der Waals surface area contributed by atoms with Crippen LogP contribution < -0.4 is 5.32 Å². The van der Waals surface area contributed by atoms with E-state index in [2.05, 4.69) is 5.32 Å². The molecule has 1 saturated heterocycles. The number of urea groups is 1. The van der Waals surface area contributed by atoms with Crippen molar-refractivity contribution in [2.24, 2.45) is 5.41 Å². The normalized spacial score (nSPS) is 18.0. The van der Waals surface area contributed by atoms with E-state index in [1.165, 1.54) is 12.1 Å². The summed E-state index contributed by atoms with van der Waals surface area (Å²) in [5, 5.41) is 12.2. The molecular formula is C22H23FN2O3. The lowest BCUT2D eigenvalue weighted by molar-refractivity contribution is 0.0735. The van der Waals surface area contributed by atoms with Gasteiger partial charge in [0.05, 0.1) is 0 Å². The van der Waals surface area contributed by atoms with Crippen molar-refractivity contribution in [2.45, 2.75) is 32.2 Å². The number of carbonyl (C=O) groups is 2. The molecule has 0 unspecified atom stereocenters. The van der Waals surface area contributed by atoms with Gasteiger partial charge in [-0.1, -0.05) is 18.2 Å². The molecule has 2 aliphatic rings. The Morgan fingerprint density at radius 2 is 1.82 bits per heavy atom. The van der Waals surface area contributed by atoms with Crippen molar-refractivity contribution in [2.75, 3.05) is 13.1 Å². The molecule has 1 aliphatic heterocycles. The third-order valence-electron chi connectivity index (χ3n) is 5.96. The van der Waals surface area contributed by atoms with Crippen LogP contribution in [0.4, 0.5) is 9.18 Å². The number of hydrogen-bond donors (Lipinski definition) is 2. The lowest BCUT2D eigenvalue weighted by atomic mass is 9.66. The number of nitrogens with zero attached hydrogens (tertiary/aromatic N) is 1. The summed E-state index contributed by atoms with van der Waals surface area (Å²) in [6.45, 7) is 1.61. The summed E-state index contributed by atoms with van der Waals surface area (Å²) in [5.41, 5.74) is 2.22. The van der Waals surface area contributed by atoms with Crippen LogP contribution in [0.1, 0.15) is 40.7 Å². The fraction of sp³-hybridized carbons (Fsp3) is 0.364. The molecule has 146 valence electrons. The number of benzene rings is 2. The molecular weight excluding hydrogens is 359 g/mol. The molecule has 0 radical (unpaired) electrons. The molecule has 28 heavy (non-hydrogen) atoms. The summed E-state index contributed by atoms with van der Waals surface area (Å²) < 4.78 is 13.4. The van der Waals surface area contributed by atoms with E-state index in [0.717, 1.165) is 30.4 Å². The van der Waals surface area contributed by atoms with Gasteiger partial charge >= 0.3 is 6.03 Å². The van der Waals surface area contributed by atoms with Crippen LogP contribution in [0.25, 0.3) is 0 Å². The van der Waals surface area contributed by atoms with E-state index >= 15 is 0 Å². The lowest BCUT2D eigenvalue weighted by Gasteiger charge is -2.44. The van der Waals surface area contributed by atoms with Crippen LogP contribution in [0.3, 0.4) is 0 Å². The standard InChI is InChI=1S/C22H23FN2O3/c23-17-4-3-16-12-22(13-20(27)19(16)11-17)7-9-25(10-8-22)21(28)24-14-15-1-5-18(26)6-2-15/h1-6,11,26H,7-10,12-14H2,(H,24,28). The maximum atomic E-state index is 13.4. The van der Waals surface area contributed by atoms with Crippen molar-refractivity contribution in [3.63, 3.8) is 0 Å². The summed E-state index contributed by atoms with van der Waals surface area (Å²) >= 11 is 0. The number of fused-ring (bicyclic) bond motifs is 1. The molecule has 2 aromatic carbocycles. The number of hydrogen-bond acceptors (Lipinski definition) is 3. The number of carbonyl (C=O) groups excluding carboxylic acids is 2. The van der Waals surface area contributed by atoms with Gasteiger partial charge in [0.2, 0.25) is 0 Å². The van der Waals surface area contributed by atoms with E-state index in [1.807, 2.05) is 0 Å². The summed E-state index contributed by atoms with van der Waals surface area (Å²) in [6, 6.07) is 11.1. The first-order valence-corrected chi connectivity index (χ1v) is 9.56. The van der Waals surface area contributed by atoms with E-state index in [1.54, 1.807) is 35.2 Å². The molecule has 2 aromatic rings. The number of Topliss-reactive ketones (excluding diaryl/α,β-unsaturated/α-hetero) is 1. The zero-order chi connectivity index (χ0) is 19.7. The summed E-state index contributed by atoms with van der Waals surface area (Å²) in [7, 11) is 0. The van der Waals surface area contributed by atoms with Crippen LogP contribution in [0.5, 0.6) is 5.75 Å². The molecule has 0 atom stereocenters. The third kappa shape index (κ3) is 3.72. The molecule has 1 heterocycles. The van der Waals surface area contributed by atoms with Crippen LogP contribution in [-0.4, -0.2) is 34.9 Å². The number of nitrogens with one attached hydrogen (secondary N) is 1. The number of phenols is 1. The lowest BCUT2D eigenvalue weighted by Crippen LogP contribution is -2.49. The number of halogens is 1. The third-order valence-corrected chi connectivity index (χ3v) is 5.96. The second kappa shape index (κ2) is 7.26. The maximum absolute atomic E-state index is 13.4. The van der Waals surface area contributed by atoms with Crippen LogP contribution in [0.2, 0.25) is 0 Å². The smallest absolute Gasteiger partial charge is 0.317 e. The van der Waals surface area contributed by atoms with Gasteiger partial charge in [0, 0.05) is 31.6 Å². The number of ketones is 1. The largest absolute Gasteiger partial charge is 0.508 e. The van der Waals surface area contributed by atoms with E-state index in [9.17, 15) is 19.1 Å². The number of phenolic OH excluding ortho intramolecular Hbond substituents is 1. The summed E-state index contributed by atoms with van der Waals surface area (Å²) in [5.74, 6) is -0.170. The second-order valence-corrected chi connectivity index (χ2v) is 7.89. The van der Waals surface area contributed by atoms with Gasteiger partial charge in [0.1, 0.15) is 11.6 Å². The van der Waals surface area contributed by atoms with Crippen LogP contribution in [0.15, 0.2) is 42.5 Å². The highest BCUT2D eigenvalue weighted by atomic mass is 19.1. The van der Waals surface area contributed by atoms with Gasteiger partial charge in [0.25, 0.3) is 0 Å². The Morgan fingerprint density at radius 3 is 2.54 bits per heavy atom. The van der Waals surface area contributed by atoms with Crippen LogP contribution in [0, 0.1) is 11.2 Å². The average molecular weight is 382 g/mol. The molecule has 0 saturated carbocycles. The first-order chi connectivity index (χ1) is 13.4. The molecule has 2 amide bonds. The minimum atomic E-state index is -0.372. The van der Waals surface area contributed by atoms with E-state index < -0.39 is 0 Å². The maximum Gasteiger partial charge on any atom is 0.317 e. The van der Waals surface area contributed by atoms with E-state index in [-0.39, 0.29) is 28.8 Å². The van der Waals surface area contributed by atoms with Gasteiger partial charge < -0.3 is 15.3 Å². The Labute approximate surface area is 163 Å². The number of rotatable bonds is 2. The molecule has 0 bridgehead atoms. The average Bonchev–Trinajstić information content (AvgIpc) is 2.69. The Hall–Kier alpha value is -2.89. The van der Waals surface area contributed by atoms with E-state index in [0.29, 0.717) is 31.6 Å². The Bertz CT molecular complexity index is 902. The highest BCUT2D eigenvalue weighted by molar-refractivity contribution is 5.99. The highest BCUT2D eigenvalue weighted by Gasteiger charge is 2.41. The van der Waals surface area contributed by atoms with Crippen molar-refractivity contribution < 1.29 is 19.1 Å². The van der Waals surface area contributed by atoms with Crippen molar-refractivity contribution in [1.82, 2.24) is 10.2 Å². The molecule has 5 nitrogen and oxygen atoms in total. The Morgan fingerprint density at radius 1 is 1.11 bits per heavy atom. The van der Waals surface area contributed by atoms with E-state index in [4.69, 9.17) is 0 Å². The highest BCUT2D eigenvalue weighted by Crippen LogP contribution is 2.43. The predicted octanol–water partition coefficient (Wildman–Crippen LogP) is 3.65. The number of aromatic hydroxyl groups is 1. The number of piperidine rings is 1. The molecule has 2 N–H and O–H groups in total. The van der Waals surface area contributed by atoms with Gasteiger partial charge in [-0.3, -0.25) is 4.79 Å². The van der Waals surface area contributed by atoms with Gasteiger partial charge in [-0.2, -0.15) is 0 Å². The van der Waals surface area contributed by atoms with Crippen LogP contribution in [-0.2, 0) is 13.0 Å². The zero-order valence-electron chi connectivity index (χ0n) is 15.6. The Balaban J connectivity index is 1.35. The Kier molecular flexibility index (Phi) is 4.79. The minimum Gasteiger partial charge on any atom is -0.508 e. The molecule has 6 heteroatoms.